The van der Waals surface area contributed by atoms with Crippen molar-refractivity contribution in [1.29, 1.82) is 0 Å². The van der Waals surface area contributed by atoms with Crippen molar-refractivity contribution in [2.75, 3.05) is 13.1 Å². The van der Waals surface area contributed by atoms with Crippen LogP contribution >= 0.6 is 0 Å². The van der Waals surface area contributed by atoms with Crippen molar-refractivity contribution < 1.29 is 14.3 Å². The molecular formula is C15H21FN2O2. The van der Waals surface area contributed by atoms with E-state index in [4.69, 9.17) is 0 Å². The monoisotopic (exact) mass is 280 g/mol. The van der Waals surface area contributed by atoms with Crippen molar-refractivity contribution in [2.24, 2.45) is 5.41 Å². The summed E-state index contributed by atoms with van der Waals surface area (Å²) in [5.74, 6) is -1.00. The van der Waals surface area contributed by atoms with Gasteiger partial charge in [-0.05, 0) is 44.0 Å². The van der Waals surface area contributed by atoms with Crippen LogP contribution in [0.4, 0.5) is 4.39 Å². The lowest BCUT2D eigenvalue weighted by Gasteiger charge is -2.38. The highest BCUT2D eigenvalue weighted by molar-refractivity contribution is 5.74. The lowest BCUT2D eigenvalue weighted by molar-refractivity contribution is -0.152. The van der Waals surface area contributed by atoms with Crippen LogP contribution in [-0.2, 0) is 11.3 Å². The number of carboxylic acids is 1. The van der Waals surface area contributed by atoms with Gasteiger partial charge in [0.15, 0.2) is 0 Å². The van der Waals surface area contributed by atoms with Crippen molar-refractivity contribution in [3.05, 3.63) is 29.8 Å². The maximum atomic E-state index is 13.1. The molecule has 1 N–H and O–H groups in total. The van der Waals surface area contributed by atoms with Crippen LogP contribution in [0.2, 0.25) is 0 Å². The number of halogens is 1. The average Bonchev–Trinajstić information content (AvgIpc) is 2.41. The minimum Gasteiger partial charge on any atom is -0.481 e. The summed E-state index contributed by atoms with van der Waals surface area (Å²) in [4.78, 5) is 17.5. The number of hydrogen-bond donors (Lipinski definition) is 1. The average molecular weight is 280 g/mol. The van der Waals surface area contributed by atoms with Gasteiger partial charge in [0.05, 0.1) is 11.6 Å². The lowest BCUT2D eigenvalue weighted by atomic mass is 9.75. The zero-order valence-corrected chi connectivity index (χ0v) is 11.8. The predicted molar refractivity (Wildman–Crippen MR) is 73.7 cm³/mol. The first kappa shape index (κ1) is 14.9. The summed E-state index contributed by atoms with van der Waals surface area (Å²) >= 11 is 0. The molecule has 0 unspecified atom stereocenters. The van der Waals surface area contributed by atoms with Gasteiger partial charge in [-0.1, -0.05) is 13.3 Å². The summed E-state index contributed by atoms with van der Waals surface area (Å²) in [5, 5.41) is 9.45. The zero-order valence-electron chi connectivity index (χ0n) is 11.8. The summed E-state index contributed by atoms with van der Waals surface area (Å²) in [6.45, 7) is 4.13. The lowest BCUT2D eigenvalue weighted by Crippen LogP contribution is -2.44. The second-order valence-electron chi connectivity index (χ2n) is 5.62. The molecule has 20 heavy (non-hydrogen) atoms. The van der Waals surface area contributed by atoms with Crippen molar-refractivity contribution in [1.82, 2.24) is 9.88 Å². The van der Waals surface area contributed by atoms with E-state index in [-0.39, 0.29) is 5.82 Å². The summed E-state index contributed by atoms with van der Waals surface area (Å²) in [5.41, 5.74) is 0.272. The van der Waals surface area contributed by atoms with Gasteiger partial charge in [0.1, 0.15) is 5.82 Å². The molecule has 0 aromatic carbocycles. The molecule has 2 heterocycles. The number of aromatic nitrogens is 1. The molecule has 0 saturated carbocycles. The Morgan fingerprint density at radius 1 is 1.45 bits per heavy atom. The number of rotatable bonds is 5. The van der Waals surface area contributed by atoms with Gasteiger partial charge in [-0.15, -0.1) is 0 Å². The third-order valence-corrected chi connectivity index (χ3v) is 4.16. The molecule has 5 heteroatoms. The fourth-order valence-corrected chi connectivity index (χ4v) is 2.99. The molecule has 0 atom stereocenters. The van der Waals surface area contributed by atoms with Gasteiger partial charge in [0.2, 0.25) is 0 Å². The third kappa shape index (κ3) is 3.33. The van der Waals surface area contributed by atoms with Crippen molar-refractivity contribution in [3.8, 4) is 0 Å². The van der Waals surface area contributed by atoms with Gasteiger partial charge in [-0.3, -0.25) is 14.7 Å². The molecule has 1 aliphatic heterocycles. The molecule has 1 aliphatic rings. The molecule has 110 valence electrons. The van der Waals surface area contributed by atoms with E-state index < -0.39 is 11.4 Å². The minimum absolute atomic E-state index is 0.328. The predicted octanol–water partition coefficient (Wildman–Crippen LogP) is 2.69. The molecule has 1 aromatic heterocycles. The van der Waals surface area contributed by atoms with E-state index in [0.717, 1.165) is 31.5 Å². The summed E-state index contributed by atoms with van der Waals surface area (Å²) in [6, 6.07) is 1.48. The highest BCUT2D eigenvalue weighted by atomic mass is 19.1. The number of aliphatic carboxylic acids is 1. The Morgan fingerprint density at radius 2 is 2.15 bits per heavy atom. The van der Waals surface area contributed by atoms with Gasteiger partial charge >= 0.3 is 5.97 Å². The molecule has 1 fully saturated rings. The van der Waals surface area contributed by atoms with Crippen LogP contribution in [0.3, 0.4) is 0 Å². The van der Waals surface area contributed by atoms with Gasteiger partial charge < -0.3 is 5.11 Å². The van der Waals surface area contributed by atoms with Crippen LogP contribution in [0.5, 0.6) is 0 Å². The van der Waals surface area contributed by atoms with Crippen molar-refractivity contribution in [3.63, 3.8) is 0 Å². The van der Waals surface area contributed by atoms with E-state index in [2.05, 4.69) is 9.88 Å². The Hall–Kier alpha value is -1.49. The highest BCUT2D eigenvalue weighted by Gasteiger charge is 2.40. The van der Waals surface area contributed by atoms with E-state index in [0.29, 0.717) is 19.4 Å². The van der Waals surface area contributed by atoms with Gasteiger partial charge in [0, 0.05) is 12.7 Å². The van der Waals surface area contributed by atoms with Crippen LogP contribution in [0, 0.1) is 11.2 Å². The molecule has 4 nitrogen and oxygen atoms in total. The van der Waals surface area contributed by atoms with Crippen molar-refractivity contribution in [2.45, 2.75) is 39.2 Å². The molecular weight excluding hydrogens is 259 g/mol. The van der Waals surface area contributed by atoms with E-state index >= 15 is 0 Å². The smallest absolute Gasteiger partial charge is 0.309 e. The topological polar surface area (TPSA) is 53.4 Å². The first-order valence-electron chi connectivity index (χ1n) is 7.11. The molecule has 0 amide bonds. The van der Waals surface area contributed by atoms with Crippen LogP contribution in [-0.4, -0.2) is 34.0 Å². The Balaban J connectivity index is 1.95. The third-order valence-electron chi connectivity index (χ3n) is 4.16. The fraction of sp³-hybridized carbons (Fsp3) is 0.600. The number of carboxylic acid groups (broad SMARTS) is 1. The largest absolute Gasteiger partial charge is 0.481 e. The van der Waals surface area contributed by atoms with Crippen LogP contribution in [0.15, 0.2) is 18.5 Å². The van der Waals surface area contributed by atoms with Crippen LogP contribution < -0.4 is 0 Å². The summed E-state index contributed by atoms with van der Waals surface area (Å²) in [6.07, 6.45) is 5.81. The van der Waals surface area contributed by atoms with Crippen LogP contribution in [0.1, 0.15) is 38.2 Å². The first-order chi connectivity index (χ1) is 9.55. The van der Waals surface area contributed by atoms with E-state index in [1.54, 1.807) is 6.20 Å². The number of hydrogen-bond acceptors (Lipinski definition) is 3. The molecule has 2 rings (SSSR count). The number of carbonyl (C=O) groups is 1. The summed E-state index contributed by atoms with van der Waals surface area (Å²) in [7, 11) is 0. The molecule has 0 aliphatic carbocycles. The SMILES string of the molecule is CCCC1(C(=O)O)CCN(Cc2cncc(F)c2)CC1. The Morgan fingerprint density at radius 3 is 2.70 bits per heavy atom. The molecule has 1 saturated heterocycles. The number of likely N-dealkylation sites (tertiary alicyclic amines) is 1. The second-order valence-corrected chi connectivity index (χ2v) is 5.62. The van der Waals surface area contributed by atoms with E-state index in [1.165, 1.54) is 12.3 Å². The van der Waals surface area contributed by atoms with Gasteiger partial charge in [-0.25, -0.2) is 4.39 Å². The minimum atomic E-state index is -0.675. The Labute approximate surface area is 118 Å². The molecule has 0 bridgehead atoms. The Bertz CT molecular complexity index is 471. The van der Waals surface area contributed by atoms with E-state index in [9.17, 15) is 14.3 Å². The number of pyridine rings is 1. The highest BCUT2D eigenvalue weighted by Crippen LogP contribution is 2.36. The normalized spacial score (nSPS) is 18.9. The second kappa shape index (κ2) is 6.31. The standard InChI is InChI=1S/C15H21FN2O2/c1-2-3-15(14(19)20)4-6-18(7-5-15)11-12-8-13(16)10-17-9-12/h8-10H,2-7,11H2,1H3,(H,19,20). The Kier molecular flexibility index (Phi) is 4.70. The quantitative estimate of drug-likeness (QED) is 0.901. The summed E-state index contributed by atoms with van der Waals surface area (Å²) < 4.78 is 13.1. The first-order valence-corrected chi connectivity index (χ1v) is 7.11. The van der Waals surface area contributed by atoms with Gasteiger partial charge in [0.25, 0.3) is 0 Å². The number of nitrogens with zero attached hydrogens (tertiary/aromatic N) is 2. The van der Waals surface area contributed by atoms with Crippen molar-refractivity contribution >= 4 is 5.97 Å². The molecule has 0 radical (unpaired) electrons. The number of piperidine rings is 1. The molecule has 0 spiro atoms. The van der Waals surface area contributed by atoms with Gasteiger partial charge in [-0.2, -0.15) is 0 Å². The maximum Gasteiger partial charge on any atom is 0.309 e. The zero-order chi connectivity index (χ0) is 14.6. The fourth-order valence-electron chi connectivity index (χ4n) is 2.99. The van der Waals surface area contributed by atoms with E-state index in [1.807, 2.05) is 6.92 Å². The maximum absolute atomic E-state index is 13.1. The molecule has 1 aromatic rings. The van der Waals surface area contributed by atoms with Crippen LogP contribution in [0.25, 0.3) is 0 Å².